The molecule has 0 aliphatic carbocycles. The third-order valence-electron chi connectivity index (χ3n) is 3.15. The van der Waals surface area contributed by atoms with Gasteiger partial charge in [-0.1, -0.05) is 35.9 Å². The Morgan fingerprint density at radius 3 is 2.50 bits per heavy atom. The molecule has 104 valence electrons. The van der Waals surface area contributed by atoms with Gasteiger partial charge in [0.2, 0.25) is 0 Å². The Hall–Kier alpha value is -1.32. The third-order valence-corrected chi connectivity index (χ3v) is 4.46. The predicted octanol–water partition coefficient (Wildman–Crippen LogP) is 4.90. The Morgan fingerprint density at radius 1 is 1.20 bits per heavy atom. The molecule has 2 rings (SSSR count). The molecule has 0 aliphatic heterocycles. The molecule has 0 fully saturated rings. The second kappa shape index (κ2) is 6.42. The molecule has 2 nitrogen and oxygen atoms in total. The maximum absolute atomic E-state index is 12.3. The number of rotatable bonds is 3. The van der Waals surface area contributed by atoms with Crippen LogP contribution in [0.4, 0.5) is 0 Å². The molecule has 2 aromatic carbocycles. The average molecular weight is 353 g/mol. The van der Waals surface area contributed by atoms with E-state index in [9.17, 15) is 4.79 Å². The van der Waals surface area contributed by atoms with E-state index in [1.165, 1.54) is 0 Å². The molecule has 2 aromatic rings. The number of nitrogens with one attached hydrogen (secondary N) is 1. The number of hydrogen-bond donors (Lipinski definition) is 1. The van der Waals surface area contributed by atoms with Gasteiger partial charge in [0.1, 0.15) is 0 Å². The number of carbonyl (C=O) groups is 1. The fourth-order valence-electron chi connectivity index (χ4n) is 1.93. The lowest BCUT2D eigenvalue weighted by atomic mass is 10.1. The van der Waals surface area contributed by atoms with Gasteiger partial charge < -0.3 is 5.32 Å². The van der Waals surface area contributed by atoms with Crippen LogP contribution in [0.25, 0.3) is 0 Å². The highest BCUT2D eigenvalue weighted by Crippen LogP contribution is 2.22. The maximum Gasteiger partial charge on any atom is 0.252 e. The molecule has 0 bridgehead atoms. The second-order valence-corrected chi connectivity index (χ2v) is 5.91. The minimum atomic E-state index is -0.0944. The Labute approximate surface area is 132 Å². The first-order valence-electron chi connectivity index (χ1n) is 6.30. The summed E-state index contributed by atoms with van der Waals surface area (Å²) in [5.74, 6) is -0.0944. The van der Waals surface area contributed by atoms with E-state index in [-0.39, 0.29) is 11.9 Å². The molecule has 20 heavy (non-hydrogen) atoms. The lowest BCUT2D eigenvalue weighted by Crippen LogP contribution is -2.27. The van der Waals surface area contributed by atoms with Crippen LogP contribution in [0.5, 0.6) is 0 Å². The van der Waals surface area contributed by atoms with Gasteiger partial charge in [-0.15, -0.1) is 0 Å². The molecule has 0 aliphatic rings. The van der Waals surface area contributed by atoms with Gasteiger partial charge in [0.15, 0.2) is 0 Å². The molecule has 0 aromatic heterocycles. The normalized spacial score (nSPS) is 12.0. The summed E-state index contributed by atoms with van der Waals surface area (Å²) in [5.41, 5.74) is 2.70. The number of amides is 1. The first kappa shape index (κ1) is 15.1. The van der Waals surface area contributed by atoms with Crippen molar-refractivity contribution in [3.63, 3.8) is 0 Å². The van der Waals surface area contributed by atoms with Crippen molar-refractivity contribution in [3.05, 3.63) is 68.7 Å². The standard InChI is InChI=1S/C16H15BrClNO/c1-10-4-3-5-14(15(10)17)16(20)19-11(2)12-6-8-13(18)9-7-12/h3-9,11H,1-2H3,(H,19,20). The zero-order valence-electron chi connectivity index (χ0n) is 11.3. The Bertz CT molecular complexity index is 625. The molecule has 0 saturated heterocycles. The van der Waals surface area contributed by atoms with Gasteiger partial charge >= 0.3 is 0 Å². The average Bonchev–Trinajstić information content (AvgIpc) is 2.42. The minimum absolute atomic E-state index is 0.0767. The smallest absolute Gasteiger partial charge is 0.252 e. The van der Waals surface area contributed by atoms with Gasteiger partial charge in [0.05, 0.1) is 11.6 Å². The van der Waals surface area contributed by atoms with Crippen molar-refractivity contribution in [2.45, 2.75) is 19.9 Å². The zero-order valence-corrected chi connectivity index (χ0v) is 13.6. The molecule has 0 saturated carbocycles. The monoisotopic (exact) mass is 351 g/mol. The van der Waals surface area contributed by atoms with Crippen molar-refractivity contribution in [2.75, 3.05) is 0 Å². The van der Waals surface area contributed by atoms with Crippen LogP contribution in [0, 0.1) is 6.92 Å². The Balaban J connectivity index is 2.15. The molecule has 1 atom stereocenters. The van der Waals surface area contributed by atoms with Crippen LogP contribution < -0.4 is 5.32 Å². The van der Waals surface area contributed by atoms with E-state index in [1.54, 1.807) is 6.07 Å². The summed E-state index contributed by atoms with van der Waals surface area (Å²) in [6.45, 7) is 3.91. The summed E-state index contributed by atoms with van der Waals surface area (Å²) < 4.78 is 0.834. The van der Waals surface area contributed by atoms with Crippen molar-refractivity contribution in [3.8, 4) is 0 Å². The summed E-state index contributed by atoms with van der Waals surface area (Å²) >= 11 is 9.32. The molecule has 4 heteroatoms. The Morgan fingerprint density at radius 2 is 1.85 bits per heavy atom. The van der Waals surface area contributed by atoms with Crippen molar-refractivity contribution in [1.82, 2.24) is 5.32 Å². The van der Waals surface area contributed by atoms with Crippen LogP contribution in [0.1, 0.15) is 34.5 Å². The van der Waals surface area contributed by atoms with Crippen molar-refractivity contribution >= 4 is 33.4 Å². The summed E-state index contributed by atoms with van der Waals surface area (Å²) in [6, 6.07) is 13.0. The number of aryl methyl sites for hydroxylation is 1. The predicted molar refractivity (Wildman–Crippen MR) is 86.2 cm³/mol. The quantitative estimate of drug-likeness (QED) is 0.836. The number of halogens is 2. The fraction of sp³-hybridized carbons (Fsp3) is 0.188. The van der Waals surface area contributed by atoms with Crippen LogP contribution >= 0.6 is 27.5 Å². The van der Waals surface area contributed by atoms with Crippen LogP contribution in [0.15, 0.2) is 46.9 Å². The van der Waals surface area contributed by atoms with Gasteiger partial charge in [0, 0.05) is 9.50 Å². The van der Waals surface area contributed by atoms with E-state index < -0.39 is 0 Å². The van der Waals surface area contributed by atoms with Crippen LogP contribution in [0.3, 0.4) is 0 Å². The fourth-order valence-corrected chi connectivity index (χ4v) is 2.50. The van der Waals surface area contributed by atoms with Crippen LogP contribution in [-0.4, -0.2) is 5.91 Å². The highest BCUT2D eigenvalue weighted by molar-refractivity contribution is 9.10. The van der Waals surface area contributed by atoms with Gasteiger partial charge in [0.25, 0.3) is 5.91 Å². The first-order valence-corrected chi connectivity index (χ1v) is 7.47. The van der Waals surface area contributed by atoms with Crippen LogP contribution in [-0.2, 0) is 0 Å². The summed E-state index contributed by atoms with van der Waals surface area (Å²) in [6.07, 6.45) is 0. The second-order valence-electron chi connectivity index (χ2n) is 4.68. The maximum atomic E-state index is 12.3. The first-order chi connectivity index (χ1) is 9.49. The summed E-state index contributed by atoms with van der Waals surface area (Å²) in [5, 5.41) is 3.68. The molecular formula is C16H15BrClNO. The van der Waals surface area contributed by atoms with Crippen LogP contribution in [0.2, 0.25) is 5.02 Å². The van der Waals surface area contributed by atoms with Crippen molar-refractivity contribution in [1.29, 1.82) is 0 Å². The highest BCUT2D eigenvalue weighted by atomic mass is 79.9. The SMILES string of the molecule is Cc1cccc(C(=O)NC(C)c2ccc(Cl)cc2)c1Br. The molecular weight excluding hydrogens is 338 g/mol. The van der Waals surface area contributed by atoms with Gasteiger partial charge in [-0.25, -0.2) is 0 Å². The van der Waals surface area contributed by atoms with E-state index in [1.807, 2.05) is 50.2 Å². The van der Waals surface area contributed by atoms with Gasteiger partial charge in [-0.2, -0.15) is 0 Å². The molecule has 0 heterocycles. The summed E-state index contributed by atoms with van der Waals surface area (Å²) in [4.78, 5) is 12.3. The van der Waals surface area contributed by atoms with Gasteiger partial charge in [-0.3, -0.25) is 4.79 Å². The molecule has 0 spiro atoms. The lowest BCUT2D eigenvalue weighted by molar-refractivity contribution is 0.0939. The van der Waals surface area contributed by atoms with E-state index in [2.05, 4.69) is 21.2 Å². The van der Waals surface area contributed by atoms with E-state index in [0.29, 0.717) is 10.6 Å². The molecule has 1 N–H and O–H groups in total. The largest absolute Gasteiger partial charge is 0.345 e. The number of hydrogen-bond acceptors (Lipinski definition) is 1. The van der Waals surface area contributed by atoms with E-state index >= 15 is 0 Å². The van der Waals surface area contributed by atoms with E-state index in [0.717, 1.165) is 15.6 Å². The minimum Gasteiger partial charge on any atom is -0.345 e. The lowest BCUT2D eigenvalue weighted by Gasteiger charge is -2.15. The molecule has 1 unspecified atom stereocenters. The molecule has 1 amide bonds. The Kier molecular flexibility index (Phi) is 4.84. The van der Waals surface area contributed by atoms with Crippen molar-refractivity contribution in [2.24, 2.45) is 0 Å². The number of benzene rings is 2. The summed E-state index contributed by atoms with van der Waals surface area (Å²) in [7, 11) is 0. The zero-order chi connectivity index (χ0) is 14.7. The van der Waals surface area contributed by atoms with E-state index in [4.69, 9.17) is 11.6 Å². The van der Waals surface area contributed by atoms with Crippen molar-refractivity contribution < 1.29 is 4.79 Å². The van der Waals surface area contributed by atoms with Gasteiger partial charge in [-0.05, 0) is 59.1 Å². The number of carbonyl (C=O) groups excluding carboxylic acids is 1. The highest BCUT2D eigenvalue weighted by Gasteiger charge is 2.14. The molecule has 0 radical (unpaired) electrons. The topological polar surface area (TPSA) is 29.1 Å². The third kappa shape index (κ3) is 3.41.